The molecule has 2 N–H and O–H groups in total. The number of rotatable bonds is 3. The van der Waals surface area contributed by atoms with Crippen LogP contribution in [0.15, 0.2) is 18.2 Å². The van der Waals surface area contributed by atoms with Crippen LogP contribution in [0, 0.1) is 6.92 Å². The molecule has 3 nitrogen and oxygen atoms in total. The fourth-order valence-electron chi connectivity index (χ4n) is 2.24. The van der Waals surface area contributed by atoms with E-state index in [0.717, 1.165) is 18.7 Å². The molecule has 0 amide bonds. The smallest absolute Gasteiger partial charge is 0.143 e. The molecule has 1 aliphatic rings. The minimum absolute atomic E-state index is 0.276. The summed E-state index contributed by atoms with van der Waals surface area (Å²) in [6, 6.07) is 6.75. The van der Waals surface area contributed by atoms with Crippen LogP contribution in [0.25, 0.3) is 0 Å². The van der Waals surface area contributed by atoms with Gasteiger partial charge in [-0.05, 0) is 38.0 Å². The van der Waals surface area contributed by atoms with Crippen molar-refractivity contribution in [2.24, 2.45) is 5.73 Å². The van der Waals surface area contributed by atoms with E-state index in [-0.39, 0.29) is 6.10 Å². The quantitative estimate of drug-likeness (QED) is 0.872. The molecule has 1 aromatic rings. The summed E-state index contributed by atoms with van der Waals surface area (Å²) in [7, 11) is 0. The maximum atomic E-state index is 6.00. The van der Waals surface area contributed by atoms with Gasteiger partial charge in [0.2, 0.25) is 0 Å². The summed E-state index contributed by atoms with van der Waals surface area (Å²) in [5.74, 6) is 1.00. The second-order valence-corrected chi connectivity index (χ2v) is 4.86. The highest BCUT2D eigenvalue weighted by atomic mass is 16.5. The fourth-order valence-corrected chi connectivity index (χ4v) is 2.24. The zero-order valence-corrected chi connectivity index (χ0v) is 10.9. The Morgan fingerprint density at radius 2 is 2.29 bits per heavy atom. The molecule has 0 bridgehead atoms. The van der Waals surface area contributed by atoms with Crippen molar-refractivity contribution in [3.8, 4) is 5.75 Å². The zero-order chi connectivity index (χ0) is 12.4. The maximum Gasteiger partial charge on any atom is 0.143 e. The van der Waals surface area contributed by atoms with Crippen molar-refractivity contribution >= 4 is 5.69 Å². The summed E-state index contributed by atoms with van der Waals surface area (Å²) in [5, 5.41) is 0. The van der Waals surface area contributed by atoms with Crippen LogP contribution in [0.3, 0.4) is 0 Å². The normalized spacial score (nSPS) is 20.7. The molecule has 94 valence electrons. The summed E-state index contributed by atoms with van der Waals surface area (Å²) in [6.07, 6.45) is 1.31. The van der Waals surface area contributed by atoms with E-state index < -0.39 is 0 Å². The highest BCUT2D eigenvalue weighted by molar-refractivity contribution is 5.62. The zero-order valence-electron chi connectivity index (χ0n) is 10.9. The van der Waals surface area contributed by atoms with Gasteiger partial charge in [-0.1, -0.05) is 13.0 Å². The Bertz CT molecular complexity index is 392. The summed E-state index contributed by atoms with van der Waals surface area (Å²) in [4.78, 5) is 2.37. The Hall–Kier alpha value is -1.22. The first-order chi connectivity index (χ1) is 8.15. The molecule has 0 radical (unpaired) electrons. The average Bonchev–Trinajstić information content (AvgIpc) is 2.35. The molecular weight excluding hydrogens is 212 g/mol. The summed E-state index contributed by atoms with van der Waals surface area (Å²) < 4.78 is 6.00. The van der Waals surface area contributed by atoms with Gasteiger partial charge in [0.05, 0.1) is 12.2 Å². The Labute approximate surface area is 104 Å². The molecular formula is C14H22N2O. The van der Waals surface area contributed by atoms with Gasteiger partial charge in [-0.2, -0.15) is 0 Å². The molecule has 1 heterocycles. The first kappa shape index (κ1) is 12.2. The van der Waals surface area contributed by atoms with E-state index >= 15 is 0 Å². The minimum atomic E-state index is 0.276. The summed E-state index contributed by atoms with van der Waals surface area (Å²) >= 11 is 0. The summed E-state index contributed by atoms with van der Waals surface area (Å²) in [6.45, 7) is 8.03. The van der Waals surface area contributed by atoms with Gasteiger partial charge < -0.3 is 15.4 Å². The van der Waals surface area contributed by atoms with Gasteiger partial charge in [0.1, 0.15) is 11.9 Å². The molecule has 0 aromatic heterocycles. The van der Waals surface area contributed by atoms with Crippen LogP contribution in [0.5, 0.6) is 5.75 Å². The number of ether oxygens (including phenoxy) is 1. The van der Waals surface area contributed by atoms with Crippen LogP contribution < -0.4 is 15.4 Å². The maximum absolute atomic E-state index is 6.00. The number of nitrogens with two attached hydrogens (primary N) is 1. The monoisotopic (exact) mass is 234 g/mol. The van der Waals surface area contributed by atoms with E-state index in [2.05, 4.69) is 43.9 Å². The third kappa shape index (κ3) is 2.39. The lowest BCUT2D eigenvalue weighted by Gasteiger charge is -2.39. The highest BCUT2D eigenvalue weighted by Crippen LogP contribution is 2.35. The van der Waals surface area contributed by atoms with Crippen LogP contribution >= 0.6 is 0 Å². The molecule has 17 heavy (non-hydrogen) atoms. The number of aryl methyl sites for hydroxylation is 1. The third-order valence-electron chi connectivity index (χ3n) is 3.45. The van der Waals surface area contributed by atoms with E-state index in [1.165, 1.54) is 11.3 Å². The minimum Gasteiger partial charge on any atom is -0.486 e. The number of benzene rings is 1. The van der Waals surface area contributed by atoms with Crippen molar-refractivity contribution in [1.82, 2.24) is 0 Å². The lowest BCUT2D eigenvalue weighted by molar-refractivity contribution is 0.185. The van der Waals surface area contributed by atoms with E-state index in [4.69, 9.17) is 10.5 Å². The first-order valence-electron chi connectivity index (χ1n) is 6.39. The molecule has 1 aromatic carbocycles. The molecule has 3 heteroatoms. The highest BCUT2D eigenvalue weighted by Gasteiger charge is 2.27. The van der Waals surface area contributed by atoms with Gasteiger partial charge in [0.25, 0.3) is 0 Å². The Morgan fingerprint density at radius 3 is 2.94 bits per heavy atom. The molecule has 0 saturated carbocycles. The molecule has 2 rings (SSSR count). The van der Waals surface area contributed by atoms with E-state index in [1.54, 1.807) is 0 Å². The van der Waals surface area contributed by atoms with Gasteiger partial charge in [-0.25, -0.2) is 0 Å². The molecule has 2 atom stereocenters. The fraction of sp³-hybridized carbons (Fsp3) is 0.571. The van der Waals surface area contributed by atoms with E-state index in [0.29, 0.717) is 12.6 Å². The van der Waals surface area contributed by atoms with Crippen LogP contribution in [0.1, 0.15) is 25.8 Å². The predicted molar refractivity (Wildman–Crippen MR) is 71.7 cm³/mol. The number of anilines is 1. The summed E-state index contributed by atoms with van der Waals surface area (Å²) in [5.41, 5.74) is 8.21. The molecule has 0 spiro atoms. The van der Waals surface area contributed by atoms with Crippen molar-refractivity contribution in [2.45, 2.75) is 39.3 Å². The molecule has 2 unspecified atom stereocenters. The lowest BCUT2D eigenvalue weighted by atomic mass is 10.1. The Kier molecular flexibility index (Phi) is 3.57. The second kappa shape index (κ2) is 4.96. The van der Waals surface area contributed by atoms with Crippen LogP contribution in [-0.2, 0) is 0 Å². The SMILES string of the molecule is CCC1CN(C(C)CN)c2ccc(C)cc2O1. The predicted octanol–water partition coefficient (Wildman–Crippen LogP) is 2.32. The molecule has 0 fully saturated rings. The topological polar surface area (TPSA) is 38.5 Å². The Morgan fingerprint density at radius 1 is 1.53 bits per heavy atom. The molecule has 1 aliphatic heterocycles. The number of hydrogen-bond acceptors (Lipinski definition) is 3. The molecule has 0 saturated heterocycles. The van der Waals surface area contributed by atoms with Crippen LogP contribution in [0.4, 0.5) is 5.69 Å². The van der Waals surface area contributed by atoms with Crippen molar-refractivity contribution in [1.29, 1.82) is 0 Å². The van der Waals surface area contributed by atoms with Crippen molar-refractivity contribution in [2.75, 3.05) is 18.0 Å². The number of hydrogen-bond donors (Lipinski definition) is 1. The van der Waals surface area contributed by atoms with Crippen LogP contribution in [-0.4, -0.2) is 25.2 Å². The van der Waals surface area contributed by atoms with Gasteiger partial charge in [-0.15, -0.1) is 0 Å². The van der Waals surface area contributed by atoms with Crippen LogP contribution in [0.2, 0.25) is 0 Å². The second-order valence-electron chi connectivity index (χ2n) is 4.86. The average molecular weight is 234 g/mol. The number of nitrogens with zero attached hydrogens (tertiary/aromatic N) is 1. The van der Waals surface area contributed by atoms with Gasteiger partial charge in [0, 0.05) is 12.6 Å². The van der Waals surface area contributed by atoms with Crippen molar-refractivity contribution in [3.63, 3.8) is 0 Å². The Balaban J connectivity index is 2.36. The van der Waals surface area contributed by atoms with Gasteiger partial charge >= 0.3 is 0 Å². The molecule has 0 aliphatic carbocycles. The van der Waals surface area contributed by atoms with E-state index in [1.807, 2.05) is 0 Å². The lowest BCUT2D eigenvalue weighted by Crippen LogP contribution is -2.47. The van der Waals surface area contributed by atoms with Gasteiger partial charge in [-0.3, -0.25) is 0 Å². The largest absolute Gasteiger partial charge is 0.486 e. The van der Waals surface area contributed by atoms with Gasteiger partial charge in [0.15, 0.2) is 0 Å². The third-order valence-corrected chi connectivity index (χ3v) is 3.45. The standard InChI is InChI=1S/C14H22N2O/c1-4-12-9-16(11(3)8-15)13-6-5-10(2)7-14(13)17-12/h5-7,11-12H,4,8-9,15H2,1-3H3. The first-order valence-corrected chi connectivity index (χ1v) is 6.39. The number of fused-ring (bicyclic) bond motifs is 1. The van der Waals surface area contributed by atoms with E-state index in [9.17, 15) is 0 Å². The van der Waals surface area contributed by atoms with Crippen molar-refractivity contribution in [3.05, 3.63) is 23.8 Å². The van der Waals surface area contributed by atoms with Crippen molar-refractivity contribution < 1.29 is 4.74 Å².